The van der Waals surface area contributed by atoms with E-state index in [1.54, 1.807) is 18.3 Å². The van der Waals surface area contributed by atoms with Crippen LogP contribution in [-0.4, -0.2) is 78.0 Å². The van der Waals surface area contributed by atoms with Crippen LogP contribution in [0, 0.1) is 0 Å². The van der Waals surface area contributed by atoms with Crippen LogP contribution in [0.25, 0.3) is 0 Å². The Morgan fingerprint density at radius 3 is 2.14 bits per heavy atom. The van der Waals surface area contributed by atoms with Gasteiger partial charge >= 0.3 is 0 Å². The van der Waals surface area contributed by atoms with Crippen molar-refractivity contribution in [3.63, 3.8) is 0 Å². The summed E-state index contributed by atoms with van der Waals surface area (Å²) in [6.45, 7) is 10.2. The van der Waals surface area contributed by atoms with Crippen molar-refractivity contribution in [1.29, 1.82) is 0 Å². The van der Waals surface area contributed by atoms with Crippen LogP contribution in [0.4, 0.5) is 0 Å². The van der Waals surface area contributed by atoms with Gasteiger partial charge in [0, 0.05) is 36.9 Å². The number of nitrogens with one attached hydrogen (secondary N) is 2. The molecular formula is C21H33N5O2. The molecule has 2 fully saturated rings. The van der Waals surface area contributed by atoms with Gasteiger partial charge in [0.15, 0.2) is 0 Å². The second-order valence-electron chi connectivity index (χ2n) is 7.84. The SMILES string of the molecule is CCN1CCCC(NC(=O)c2ccnc(C(=O)NC3CCCN(CC)C3)c2)C1. The highest BCUT2D eigenvalue weighted by Crippen LogP contribution is 2.12. The van der Waals surface area contributed by atoms with Gasteiger partial charge in [0.25, 0.3) is 11.8 Å². The lowest BCUT2D eigenvalue weighted by atomic mass is 10.0. The molecule has 2 aliphatic heterocycles. The summed E-state index contributed by atoms with van der Waals surface area (Å²) in [5.74, 6) is -0.332. The van der Waals surface area contributed by atoms with Crippen molar-refractivity contribution >= 4 is 11.8 Å². The monoisotopic (exact) mass is 387 g/mol. The fourth-order valence-electron chi connectivity index (χ4n) is 4.15. The summed E-state index contributed by atoms with van der Waals surface area (Å²) in [6, 6.07) is 3.58. The largest absolute Gasteiger partial charge is 0.348 e. The molecule has 1 aromatic heterocycles. The molecule has 0 bridgehead atoms. The van der Waals surface area contributed by atoms with E-state index in [-0.39, 0.29) is 23.9 Å². The molecule has 0 spiro atoms. The van der Waals surface area contributed by atoms with Gasteiger partial charge < -0.3 is 20.4 Å². The van der Waals surface area contributed by atoms with Crippen LogP contribution in [0.5, 0.6) is 0 Å². The minimum absolute atomic E-state index is 0.130. The zero-order valence-electron chi connectivity index (χ0n) is 17.1. The summed E-state index contributed by atoms with van der Waals surface area (Å²) in [5.41, 5.74) is 0.799. The first-order valence-corrected chi connectivity index (χ1v) is 10.6. The number of rotatable bonds is 6. The van der Waals surface area contributed by atoms with E-state index in [0.717, 1.165) is 65.0 Å². The number of pyridine rings is 1. The first kappa shape index (κ1) is 20.7. The Bertz CT molecular complexity index is 627. The van der Waals surface area contributed by atoms with Crippen molar-refractivity contribution < 1.29 is 9.59 Å². The molecule has 2 aliphatic rings. The highest BCUT2D eigenvalue weighted by Gasteiger charge is 2.23. The molecule has 28 heavy (non-hydrogen) atoms. The van der Waals surface area contributed by atoms with Gasteiger partial charge in [-0.15, -0.1) is 0 Å². The molecule has 0 saturated carbocycles. The molecule has 2 atom stereocenters. The van der Waals surface area contributed by atoms with Crippen molar-refractivity contribution in [2.75, 3.05) is 39.3 Å². The number of amides is 2. The van der Waals surface area contributed by atoms with Crippen LogP contribution >= 0.6 is 0 Å². The fourth-order valence-corrected chi connectivity index (χ4v) is 4.15. The Kier molecular flexibility index (Phi) is 7.39. The minimum atomic E-state index is -0.201. The number of piperidine rings is 2. The van der Waals surface area contributed by atoms with E-state index in [1.807, 2.05) is 0 Å². The maximum Gasteiger partial charge on any atom is 0.270 e. The van der Waals surface area contributed by atoms with E-state index in [4.69, 9.17) is 0 Å². The Morgan fingerprint density at radius 2 is 1.57 bits per heavy atom. The van der Waals surface area contributed by atoms with Crippen LogP contribution in [0.15, 0.2) is 18.3 Å². The van der Waals surface area contributed by atoms with Gasteiger partial charge in [0.1, 0.15) is 5.69 Å². The first-order valence-electron chi connectivity index (χ1n) is 10.6. The fraction of sp³-hybridized carbons (Fsp3) is 0.667. The number of carbonyl (C=O) groups excluding carboxylic acids is 2. The van der Waals surface area contributed by atoms with Gasteiger partial charge in [-0.25, -0.2) is 0 Å². The number of aromatic nitrogens is 1. The number of carbonyl (C=O) groups is 2. The molecule has 2 saturated heterocycles. The maximum atomic E-state index is 12.7. The summed E-state index contributed by atoms with van der Waals surface area (Å²) >= 11 is 0. The van der Waals surface area contributed by atoms with E-state index in [0.29, 0.717) is 11.3 Å². The molecule has 1 aromatic rings. The van der Waals surface area contributed by atoms with Gasteiger partial charge in [0.05, 0.1) is 0 Å². The highest BCUT2D eigenvalue weighted by molar-refractivity contribution is 5.98. The summed E-state index contributed by atoms with van der Waals surface area (Å²) < 4.78 is 0. The molecule has 2 unspecified atom stereocenters. The van der Waals surface area contributed by atoms with Crippen molar-refractivity contribution in [2.45, 2.75) is 51.6 Å². The molecular weight excluding hydrogens is 354 g/mol. The number of nitrogens with zero attached hydrogens (tertiary/aromatic N) is 3. The zero-order valence-corrected chi connectivity index (χ0v) is 17.1. The lowest BCUT2D eigenvalue weighted by molar-refractivity contribution is 0.0901. The molecule has 0 aromatic carbocycles. The normalized spacial score (nSPS) is 23.9. The molecule has 7 heteroatoms. The Morgan fingerprint density at radius 1 is 1.00 bits per heavy atom. The molecule has 154 valence electrons. The molecule has 7 nitrogen and oxygen atoms in total. The Balaban J connectivity index is 1.58. The third kappa shape index (κ3) is 5.52. The predicted molar refractivity (Wildman–Crippen MR) is 109 cm³/mol. The highest BCUT2D eigenvalue weighted by atomic mass is 16.2. The number of hydrogen-bond acceptors (Lipinski definition) is 5. The van der Waals surface area contributed by atoms with Gasteiger partial charge in [-0.3, -0.25) is 14.6 Å². The lowest BCUT2D eigenvalue weighted by Crippen LogP contribution is -2.48. The maximum absolute atomic E-state index is 12.7. The smallest absolute Gasteiger partial charge is 0.270 e. The third-order valence-electron chi connectivity index (χ3n) is 5.83. The van der Waals surface area contributed by atoms with Crippen molar-refractivity contribution in [3.8, 4) is 0 Å². The minimum Gasteiger partial charge on any atom is -0.348 e. The van der Waals surface area contributed by atoms with Crippen LogP contribution in [0.1, 0.15) is 60.4 Å². The lowest BCUT2D eigenvalue weighted by Gasteiger charge is -2.32. The van der Waals surface area contributed by atoms with Crippen molar-refractivity contribution in [3.05, 3.63) is 29.6 Å². The molecule has 3 rings (SSSR count). The van der Waals surface area contributed by atoms with Crippen LogP contribution in [0.2, 0.25) is 0 Å². The summed E-state index contributed by atoms with van der Waals surface area (Å²) in [7, 11) is 0. The molecule has 2 N–H and O–H groups in total. The number of hydrogen-bond donors (Lipinski definition) is 2. The summed E-state index contributed by atoms with van der Waals surface area (Å²) in [4.78, 5) is 34.2. The topological polar surface area (TPSA) is 77.6 Å². The second kappa shape index (κ2) is 9.98. The van der Waals surface area contributed by atoms with E-state index < -0.39 is 0 Å². The number of likely N-dealkylation sites (tertiary alicyclic amines) is 2. The van der Waals surface area contributed by atoms with E-state index in [9.17, 15) is 9.59 Å². The zero-order chi connectivity index (χ0) is 19.9. The average molecular weight is 388 g/mol. The Labute approximate surface area is 167 Å². The third-order valence-corrected chi connectivity index (χ3v) is 5.83. The van der Waals surface area contributed by atoms with E-state index in [1.165, 1.54) is 0 Å². The summed E-state index contributed by atoms with van der Waals surface area (Å²) in [6.07, 6.45) is 5.71. The van der Waals surface area contributed by atoms with E-state index in [2.05, 4.69) is 39.3 Å². The predicted octanol–water partition coefficient (Wildman–Crippen LogP) is 1.51. The van der Waals surface area contributed by atoms with Crippen molar-refractivity contribution in [2.24, 2.45) is 0 Å². The average Bonchev–Trinajstić information content (AvgIpc) is 2.74. The molecule has 0 radical (unpaired) electrons. The van der Waals surface area contributed by atoms with Crippen molar-refractivity contribution in [1.82, 2.24) is 25.4 Å². The standard InChI is InChI=1S/C21H33N5O2/c1-3-25-11-5-7-17(14-25)23-20(27)16-9-10-22-19(13-16)21(28)24-18-8-6-12-26(4-2)15-18/h9-10,13,17-18H,3-8,11-12,14-15H2,1-2H3,(H,23,27)(H,24,28). The summed E-state index contributed by atoms with van der Waals surface area (Å²) in [5, 5.41) is 6.19. The second-order valence-corrected chi connectivity index (χ2v) is 7.84. The van der Waals surface area contributed by atoms with Crippen LogP contribution in [-0.2, 0) is 0 Å². The van der Waals surface area contributed by atoms with E-state index >= 15 is 0 Å². The van der Waals surface area contributed by atoms with Gasteiger partial charge in [-0.1, -0.05) is 13.8 Å². The van der Waals surface area contributed by atoms with Crippen LogP contribution in [0.3, 0.4) is 0 Å². The number of likely N-dealkylation sites (N-methyl/N-ethyl adjacent to an activating group) is 2. The first-order chi connectivity index (χ1) is 13.6. The molecule has 3 heterocycles. The van der Waals surface area contributed by atoms with Crippen LogP contribution < -0.4 is 10.6 Å². The molecule has 2 amide bonds. The van der Waals surface area contributed by atoms with Gasteiger partial charge in [-0.05, 0) is 64.0 Å². The van der Waals surface area contributed by atoms with Gasteiger partial charge in [-0.2, -0.15) is 0 Å². The quantitative estimate of drug-likeness (QED) is 0.774. The Hall–Kier alpha value is -1.99. The molecule has 0 aliphatic carbocycles. The van der Waals surface area contributed by atoms with Gasteiger partial charge in [0.2, 0.25) is 0 Å².